The molecule has 0 amide bonds. The average Bonchev–Trinajstić information content (AvgIpc) is 2.45. The molecule has 2 heterocycles. The molecule has 2 atom stereocenters. The van der Waals surface area contributed by atoms with Crippen LogP contribution in [0.3, 0.4) is 0 Å². The molecule has 2 bridgehead atoms. The highest BCUT2D eigenvalue weighted by Gasteiger charge is 2.67. The lowest BCUT2D eigenvalue weighted by Crippen LogP contribution is -2.62. The standard InChI is InChI=1S/C8H6Cl4O2/c1-6-3-2-4(14-6)7(9,10)5(13)8(6,11)12/h2-4H,1H3/t4-,6+/m1/s1. The van der Waals surface area contributed by atoms with Crippen molar-refractivity contribution in [1.82, 2.24) is 0 Å². The van der Waals surface area contributed by atoms with Gasteiger partial charge in [-0.2, -0.15) is 0 Å². The van der Waals surface area contributed by atoms with Gasteiger partial charge < -0.3 is 4.74 Å². The van der Waals surface area contributed by atoms with Gasteiger partial charge in [0, 0.05) is 0 Å². The largest absolute Gasteiger partial charge is 0.357 e. The summed E-state index contributed by atoms with van der Waals surface area (Å²) in [6.07, 6.45) is 2.53. The third-order valence-electron chi connectivity index (χ3n) is 2.53. The van der Waals surface area contributed by atoms with Crippen molar-refractivity contribution in [1.29, 1.82) is 0 Å². The summed E-state index contributed by atoms with van der Waals surface area (Å²) in [5.74, 6) is -0.639. The van der Waals surface area contributed by atoms with Gasteiger partial charge in [0.1, 0.15) is 11.7 Å². The first-order chi connectivity index (χ1) is 6.22. The maximum atomic E-state index is 11.8. The van der Waals surface area contributed by atoms with Crippen LogP contribution < -0.4 is 0 Å². The molecule has 14 heavy (non-hydrogen) atoms. The number of carbonyl (C=O) groups excluding carboxylic acids is 1. The van der Waals surface area contributed by atoms with Crippen LogP contribution in [-0.4, -0.2) is 26.2 Å². The number of alkyl halides is 4. The molecule has 2 rings (SSSR count). The van der Waals surface area contributed by atoms with Crippen LogP contribution in [0.2, 0.25) is 0 Å². The van der Waals surface area contributed by atoms with Crippen LogP contribution in [0.5, 0.6) is 0 Å². The molecule has 0 saturated carbocycles. The number of ketones is 1. The molecule has 0 aromatic rings. The number of hydrogen-bond acceptors (Lipinski definition) is 2. The van der Waals surface area contributed by atoms with Crippen molar-refractivity contribution < 1.29 is 9.53 Å². The van der Waals surface area contributed by atoms with Crippen LogP contribution in [0.4, 0.5) is 0 Å². The van der Waals surface area contributed by atoms with Gasteiger partial charge >= 0.3 is 0 Å². The Morgan fingerprint density at radius 3 is 2.50 bits per heavy atom. The van der Waals surface area contributed by atoms with Gasteiger partial charge in [0.15, 0.2) is 0 Å². The fourth-order valence-electron chi connectivity index (χ4n) is 1.55. The second kappa shape index (κ2) is 2.80. The van der Waals surface area contributed by atoms with Crippen molar-refractivity contribution in [2.45, 2.75) is 27.3 Å². The highest BCUT2D eigenvalue weighted by molar-refractivity contribution is 6.70. The Balaban J connectivity index is 2.55. The summed E-state index contributed by atoms with van der Waals surface area (Å²) in [7, 11) is 0. The minimum Gasteiger partial charge on any atom is -0.357 e. The zero-order chi connectivity index (χ0) is 10.8. The molecule has 0 aromatic carbocycles. The maximum Gasteiger partial charge on any atom is 0.210 e. The van der Waals surface area contributed by atoms with Crippen molar-refractivity contribution in [3.63, 3.8) is 0 Å². The molecule has 0 spiro atoms. The van der Waals surface area contributed by atoms with E-state index >= 15 is 0 Å². The number of halogens is 4. The number of ether oxygens (including phenoxy) is 1. The third kappa shape index (κ3) is 1.12. The van der Waals surface area contributed by atoms with Crippen molar-refractivity contribution in [3.05, 3.63) is 12.2 Å². The molecule has 1 fully saturated rings. The lowest BCUT2D eigenvalue weighted by atomic mass is 9.95. The summed E-state index contributed by atoms with van der Waals surface area (Å²) < 4.78 is 1.96. The highest BCUT2D eigenvalue weighted by atomic mass is 35.5. The molecule has 1 saturated heterocycles. The first-order valence-electron chi connectivity index (χ1n) is 3.89. The molecule has 2 aliphatic heterocycles. The van der Waals surface area contributed by atoms with Crippen LogP contribution in [0.15, 0.2) is 12.2 Å². The Labute approximate surface area is 101 Å². The van der Waals surface area contributed by atoms with Crippen LogP contribution in [-0.2, 0) is 9.53 Å². The molecule has 6 heteroatoms. The van der Waals surface area contributed by atoms with Gasteiger partial charge in [0.25, 0.3) is 0 Å². The Hall–Kier alpha value is 0.530. The third-order valence-corrected chi connectivity index (χ3v) is 4.40. The van der Waals surface area contributed by atoms with E-state index in [1.807, 2.05) is 0 Å². The summed E-state index contributed by atoms with van der Waals surface area (Å²) in [6, 6.07) is 0. The highest BCUT2D eigenvalue weighted by Crippen LogP contribution is 2.54. The van der Waals surface area contributed by atoms with E-state index in [0.717, 1.165) is 0 Å². The van der Waals surface area contributed by atoms with E-state index in [1.54, 1.807) is 19.1 Å². The fraction of sp³-hybridized carbons (Fsp3) is 0.625. The van der Waals surface area contributed by atoms with Crippen LogP contribution in [0.25, 0.3) is 0 Å². The lowest BCUT2D eigenvalue weighted by molar-refractivity contribution is -0.139. The van der Waals surface area contributed by atoms with Gasteiger partial charge in [-0.25, -0.2) is 0 Å². The normalized spacial score (nSPS) is 42.9. The second-order valence-electron chi connectivity index (χ2n) is 3.53. The quantitative estimate of drug-likeness (QED) is 0.502. The van der Waals surface area contributed by atoms with Crippen LogP contribution in [0, 0.1) is 0 Å². The lowest BCUT2D eigenvalue weighted by Gasteiger charge is -2.44. The Morgan fingerprint density at radius 1 is 1.36 bits per heavy atom. The predicted octanol–water partition coefficient (Wildman–Crippen LogP) is 2.63. The van der Waals surface area contributed by atoms with Gasteiger partial charge in [-0.3, -0.25) is 4.79 Å². The minimum atomic E-state index is -1.75. The molecular formula is C8H6Cl4O2. The van der Waals surface area contributed by atoms with Crippen molar-refractivity contribution >= 4 is 52.2 Å². The number of rotatable bonds is 0. The molecule has 2 aliphatic rings. The van der Waals surface area contributed by atoms with Gasteiger partial charge in [-0.15, -0.1) is 0 Å². The van der Waals surface area contributed by atoms with Crippen molar-refractivity contribution in [3.8, 4) is 0 Å². The molecule has 0 aliphatic carbocycles. The SMILES string of the molecule is C[C@@]12C=C[C@@H](O1)C(Cl)(Cl)C(=O)C2(Cl)Cl. The summed E-state index contributed by atoms with van der Waals surface area (Å²) in [5.41, 5.74) is -1.05. The molecule has 0 N–H and O–H groups in total. The van der Waals surface area contributed by atoms with Gasteiger partial charge in [-0.05, 0) is 6.92 Å². The zero-order valence-corrected chi connectivity index (χ0v) is 10.1. The smallest absolute Gasteiger partial charge is 0.210 e. The van der Waals surface area contributed by atoms with E-state index in [2.05, 4.69) is 0 Å². The molecule has 0 unspecified atom stereocenters. The maximum absolute atomic E-state index is 11.8. The van der Waals surface area contributed by atoms with Gasteiger partial charge in [-0.1, -0.05) is 58.6 Å². The first kappa shape index (κ1) is 11.0. The Bertz CT molecular complexity index is 336. The molecule has 0 aromatic heterocycles. The molecule has 78 valence electrons. The number of carbonyl (C=O) groups is 1. The topological polar surface area (TPSA) is 26.3 Å². The van der Waals surface area contributed by atoms with E-state index in [0.29, 0.717) is 0 Å². The number of hydrogen-bond donors (Lipinski definition) is 0. The minimum absolute atomic E-state index is 0.639. The van der Waals surface area contributed by atoms with E-state index in [-0.39, 0.29) is 0 Å². The Morgan fingerprint density at radius 2 is 1.93 bits per heavy atom. The molecular weight excluding hydrogens is 270 g/mol. The van der Waals surface area contributed by atoms with Crippen LogP contribution in [0.1, 0.15) is 6.92 Å². The van der Waals surface area contributed by atoms with E-state index < -0.39 is 26.2 Å². The fourth-order valence-corrected chi connectivity index (χ4v) is 2.78. The number of Topliss-reactive ketones (excluding diaryl/α,β-unsaturated/α-hetero) is 1. The summed E-state index contributed by atoms with van der Waals surface area (Å²) in [4.78, 5) is 11.8. The summed E-state index contributed by atoms with van der Waals surface area (Å²) >= 11 is 23.5. The van der Waals surface area contributed by atoms with Gasteiger partial charge in [0.2, 0.25) is 14.4 Å². The van der Waals surface area contributed by atoms with Gasteiger partial charge in [0.05, 0.1) is 0 Å². The first-order valence-corrected chi connectivity index (χ1v) is 5.41. The summed E-state index contributed by atoms with van der Waals surface area (Å²) in [6.45, 7) is 1.62. The van der Waals surface area contributed by atoms with Crippen LogP contribution >= 0.6 is 46.4 Å². The number of fused-ring (bicyclic) bond motifs is 2. The van der Waals surface area contributed by atoms with Crippen molar-refractivity contribution in [2.75, 3.05) is 0 Å². The van der Waals surface area contributed by atoms with Crippen molar-refractivity contribution in [2.24, 2.45) is 0 Å². The monoisotopic (exact) mass is 274 g/mol. The average molecular weight is 276 g/mol. The van der Waals surface area contributed by atoms with E-state index in [4.69, 9.17) is 51.1 Å². The zero-order valence-electron chi connectivity index (χ0n) is 7.06. The Kier molecular flexibility index (Phi) is 2.21. The van der Waals surface area contributed by atoms with E-state index in [9.17, 15) is 4.79 Å². The second-order valence-corrected chi connectivity index (χ2v) is 6.24. The molecule has 2 nitrogen and oxygen atoms in total. The predicted molar refractivity (Wildman–Crippen MR) is 56.3 cm³/mol. The molecule has 0 radical (unpaired) electrons. The van der Waals surface area contributed by atoms with E-state index in [1.165, 1.54) is 0 Å². The summed E-state index contributed by atoms with van der Waals surface area (Å²) in [5, 5.41) is 0.